The summed E-state index contributed by atoms with van der Waals surface area (Å²) in [6.45, 7) is 9.07. The van der Waals surface area contributed by atoms with Crippen molar-refractivity contribution in [1.82, 2.24) is 4.57 Å². The van der Waals surface area contributed by atoms with Gasteiger partial charge in [0.2, 0.25) is 5.69 Å². The number of hydrogen-bond acceptors (Lipinski definition) is 0. The van der Waals surface area contributed by atoms with Gasteiger partial charge in [-0.15, -0.1) is 0 Å². The summed E-state index contributed by atoms with van der Waals surface area (Å²) in [6, 6.07) is 8.00. The Morgan fingerprint density at radius 1 is 1.31 bits per heavy atom. The van der Waals surface area contributed by atoms with Gasteiger partial charge in [0.25, 0.3) is 0 Å². The zero-order valence-corrected chi connectivity index (χ0v) is 7.70. The molecule has 0 unspecified atom stereocenters. The van der Waals surface area contributed by atoms with Gasteiger partial charge in [0.1, 0.15) is 0 Å². The van der Waals surface area contributed by atoms with Crippen LogP contribution in [-0.2, 0) is 7.05 Å². The summed E-state index contributed by atoms with van der Waals surface area (Å²) in [6.07, 6.45) is 0. The smallest absolute Gasteiger partial charge is 0.214 e. The Balaban J connectivity index is 3.00. The molecule has 2 rings (SSSR count). The Bertz CT molecular complexity index is 501. The van der Waals surface area contributed by atoms with Crippen molar-refractivity contribution in [2.24, 2.45) is 7.05 Å². The van der Waals surface area contributed by atoms with Crippen LogP contribution in [-0.4, -0.2) is 4.57 Å². The molecular formula is C11H10N2. The third-order valence-corrected chi connectivity index (χ3v) is 2.48. The Hall–Kier alpha value is -1.75. The predicted molar refractivity (Wildman–Crippen MR) is 53.9 cm³/mol. The summed E-state index contributed by atoms with van der Waals surface area (Å²) in [4.78, 5) is 3.55. The molecule has 2 nitrogen and oxygen atoms in total. The molecule has 1 heterocycles. The summed E-state index contributed by atoms with van der Waals surface area (Å²) in [5, 5.41) is 1.05. The minimum Gasteiger partial charge on any atom is -0.359 e. The van der Waals surface area contributed by atoms with Gasteiger partial charge in [-0.05, 0) is 13.0 Å². The molecule has 2 aromatic rings. The van der Waals surface area contributed by atoms with Crippen LogP contribution in [0.15, 0.2) is 24.3 Å². The van der Waals surface area contributed by atoms with E-state index in [1.807, 2.05) is 38.2 Å². The lowest BCUT2D eigenvalue weighted by molar-refractivity contribution is 0.921. The van der Waals surface area contributed by atoms with Crippen LogP contribution in [0.3, 0.4) is 0 Å². The summed E-state index contributed by atoms with van der Waals surface area (Å²) in [5.41, 5.74) is 2.94. The fraction of sp³-hybridized carbons (Fsp3) is 0.182. The van der Waals surface area contributed by atoms with Crippen LogP contribution in [0.25, 0.3) is 15.7 Å². The third kappa shape index (κ3) is 0.940. The van der Waals surface area contributed by atoms with E-state index in [-0.39, 0.29) is 0 Å². The van der Waals surface area contributed by atoms with Crippen molar-refractivity contribution in [1.29, 1.82) is 0 Å². The lowest BCUT2D eigenvalue weighted by Crippen LogP contribution is -1.88. The van der Waals surface area contributed by atoms with Crippen molar-refractivity contribution in [3.63, 3.8) is 0 Å². The molecule has 0 amide bonds. The molecule has 0 aliphatic rings. The van der Waals surface area contributed by atoms with Crippen LogP contribution in [0.4, 0.5) is 5.69 Å². The molecule has 0 atom stereocenters. The molecule has 0 aliphatic heterocycles. The molecule has 1 aromatic heterocycles. The van der Waals surface area contributed by atoms with Crippen molar-refractivity contribution < 1.29 is 0 Å². The molecule has 0 bridgehead atoms. The van der Waals surface area contributed by atoms with Gasteiger partial charge >= 0.3 is 0 Å². The highest BCUT2D eigenvalue weighted by Crippen LogP contribution is 2.31. The van der Waals surface area contributed by atoms with E-state index < -0.39 is 0 Å². The highest BCUT2D eigenvalue weighted by molar-refractivity contribution is 5.95. The molecule has 0 spiro atoms. The van der Waals surface area contributed by atoms with Gasteiger partial charge in [0, 0.05) is 23.6 Å². The fourth-order valence-electron chi connectivity index (χ4n) is 1.64. The highest BCUT2D eigenvalue weighted by atomic mass is 15.0. The number of para-hydroxylation sites is 1. The lowest BCUT2D eigenvalue weighted by atomic mass is 10.2. The standard InChI is InChI=1S/C11H10N2/c1-8-11(12-2)9-6-4-5-7-10(9)13(8)3/h4-7H,1,3H3. The number of fused-ring (bicyclic) bond motifs is 1. The van der Waals surface area contributed by atoms with Crippen LogP contribution in [0, 0.1) is 13.5 Å². The number of rotatable bonds is 0. The number of hydrogen-bond donors (Lipinski definition) is 0. The van der Waals surface area contributed by atoms with Crippen LogP contribution in [0.5, 0.6) is 0 Å². The Kier molecular flexibility index (Phi) is 1.60. The van der Waals surface area contributed by atoms with Crippen LogP contribution in [0.1, 0.15) is 5.69 Å². The normalized spacial score (nSPS) is 10.2. The van der Waals surface area contributed by atoms with Crippen molar-refractivity contribution in [2.45, 2.75) is 6.92 Å². The second-order valence-electron chi connectivity index (χ2n) is 3.12. The van der Waals surface area contributed by atoms with Gasteiger partial charge in [-0.2, -0.15) is 0 Å². The second kappa shape index (κ2) is 2.63. The largest absolute Gasteiger partial charge is 0.359 e. The van der Waals surface area contributed by atoms with E-state index in [4.69, 9.17) is 6.57 Å². The van der Waals surface area contributed by atoms with Crippen molar-refractivity contribution in [3.8, 4) is 0 Å². The van der Waals surface area contributed by atoms with Crippen LogP contribution >= 0.6 is 0 Å². The summed E-state index contributed by atoms with van der Waals surface area (Å²) < 4.78 is 2.06. The van der Waals surface area contributed by atoms with Gasteiger partial charge in [0.05, 0.1) is 6.57 Å². The minimum atomic E-state index is 0.776. The van der Waals surface area contributed by atoms with E-state index in [2.05, 4.69) is 9.41 Å². The maximum absolute atomic E-state index is 7.09. The van der Waals surface area contributed by atoms with Gasteiger partial charge in [-0.25, -0.2) is 4.85 Å². The van der Waals surface area contributed by atoms with Crippen molar-refractivity contribution >= 4 is 16.6 Å². The highest BCUT2D eigenvalue weighted by Gasteiger charge is 2.09. The quantitative estimate of drug-likeness (QED) is 0.537. The summed E-state index contributed by atoms with van der Waals surface area (Å²) in [5.74, 6) is 0. The Labute approximate surface area is 77.2 Å². The number of aryl methyl sites for hydroxylation is 1. The molecule has 13 heavy (non-hydrogen) atoms. The monoisotopic (exact) mass is 170 g/mol. The van der Waals surface area contributed by atoms with Crippen molar-refractivity contribution in [3.05, 3.63) is 41.4 Å². The van der Waals surface area contributed by atoms with Gasteiger partial charge in [-0.1, -0.05) is 18.2 Å². The molecule has 2 heteroatoms. The first kappa shape index (κ1) is 7.88. The van der Waals surface area contributed by atoms with Gasteiger partial charge < -0.3 is 4.57 Å². The third-order valence-electron chi connectivity index (χ3n) is 2.48. The minimum absolute atomic E-state index is 0.776. The van der Waals surface area contributed by atoms with E-state index in [1.165, 1.54) is 0 Å². The maximum Gasteiger partial charge on any atom is 0.214 e. The molecule has 0 radical (unpaired) electrons. The first-order valence-electron chi connectivity index (χ1n) is 4.17. The molecule has 0 saturated heterocycles. The number of nitrogens with zero attached hydrogens (tertiary/aromatic N) is 2. The van der Waals surface area contributed by atoms with Gasteiger partial charge in [-0.3, -0.25) is 0 Å². The van der Waals surface area contributed by atoms with E-state index >= 15 is 0 Å². The topological polar surface area (TPSA) is 9.29 Å². The molecule has 0 N–H and O–H groups in total. The van der Waals surface area contributed by atoms with Crippen LogP contribution < -0.4 is 0 Å². The van der Waals surface area contributed by atoms with Gasteiger partial charge in [0.15, 0.2) is 0 Å². The predicted octanol–water partition coefficient (Wildman–Crippen LogP) is 3.04. The van der Waals surface area contributed by atoms with E-state index in [9.17, 15) is 0 Å². The zero-order chi connectivity index (χ0) is 9.42. The average Bonchev–Trinajstić information content (AvgIpc) is 2.41. The Morgan fingerprint density at radius 3 is 2.69 bits per heavy atom. The Morgan fingerprint density at radius 2 is 2.00 bits per heavy atom. The number of aromatic nitrogens is 1. The molecule has 0 fully saturated rings. The summed E-state index contributed by atoms with van der Waals surface area (Å²) >= 11 is 0. The molecule has 64 valence electrons. The van der Waals surface area contributed by atoms with E-state index in [0.29, 0.717) is 0 Å². The fourth-order valence-corrected chi connectivity index (χ4v) is 1.64. The zero-order valence-electron chi connectivity index (χ0n) is 7.70. The first-order chi connectivity index (χ1) is 6.25. The molecule has 0 aliphatic carbocycles. The molecular weight excluding hydrogens is 160 g/mol. The van der Waals surface area contributed by atoms with Crippen LogP contribution in [0.2, 0.25) is 0 Å². The number of benzene rings is 1. The van der Waals surface area contributed by atoms with Crippen molar-refractivity contribution in [2.75, 3.05) is 0 Å². The first-order valence-corrected chi connectivity index (χ1v) is 4.17. The second-order valence-corrected chi connectivity index (χ2v) is 3.12. The van der Waals surface area contributed by atoms with E-state index in [0.717, 1.165) is 22.3 Å². The SMILES string of the molecule is [C-]#[N+]c1c(C)n(C)c2ccccc12. The lowest BCUT2D eigenvalue weighted by Gasteiger charge is -1.97. The molecule has 0 saturated carbocycles. The molecule has 1 aromatic carbocycles. The average molecular weight is 170 g/mol. The maximum atomic E-state index is 7.09. The van der Waals surface area contributed by atoms with E-state index in [1.54, 1.807) is 0 Å². The summed E-state index contributed by atoms with van der Waals surface area (Å²) in [7, 11) is 1.99.